The van der Waals surface area contributed by atoms with Crippen molar-refractivity contribution < 1.29 is 9.14 Å². The standard InChI is InChI=1S/C3H8N3O2P3/c1-2-3-7-5-9-4-11-6(8-11)10-5/h10H,2-3H2,1H3. The Kier molecular flexibility index (Phi) is 2.24. The van der Waals surface area contributed by atoms with Crippen LogP contribution in [-0.2, 0) is 0 Å². The molecule has 0 spiro atoms. The minimum absolute atomic E-state index is 0.495. The molecule has 2 unspecified atom stereocenters. The Balaban J connectivity index is 2.08. The fourth-order valence-corrected chi connectivity index (χ4v) is 4.43. The molecule has 0 saturated carbocycles. The van der Waals surface area contributed by atoms with Crippen LogP contribution in [0.3, 0.4) is 0 Å². The molecule has 0 aliphatic heterocycles. The first kappa shape index (κ1) is 7.70. The summed E-state index contributed by atoms with van der Waals surface area (Å²) in [6.45, 7) is 2.85. The summed E-state index contributed by atoms with van der Waals surface area (Å²) in [6, 6.07) is 0. The number of rotatable bonds is 3. The van der Waals surface area contributed by atoms with Crippen LogP contribution in [0.25, 0.3) is 0 Å². The van der Waals surface area contributed by atoms with Crippen LogP contribution in [0.5, 0.6) is 0 Å². The molecule has 0 N–H and O–H groups in total. The van der Waals surface area contributed by atoms with E-state index in [-0.39, 0.29) is 0 Å². The fourth-order valence-electron chi connectivity index (χ4n) is 0.558. The third kappa shape index (κ3) is 1.80. The van der Waals surface area contributed by atoms with Crippen molar-refractivity contribution in [1.29, 1.82) is 0 Å². The number of hydrogen-bond donors (Lipinski definition) is 0. The lowest BCUT2D eigenvalue weighted by molar-refractivity contribution is 0.156. The van der Waals surface area contributed by atoms with Crippen LogP contribution in [0.4, 0.5) is 0 Å². The predicted molar refractivity (Wildman–Crippen MR) is 46.2 cm³/mol. The van der Waals surface area contributed by atoms with Crippen LogP contribution < -0.4 is 4.84 Å². The molecule has 0 aromatic carbocycles. The van der Waals surface area contributed by atoms with E-state index in [0.29, 0.717) is 8.51 Å². The Morgan fingerprint density at radius 2 is 2.73 bits per heavy atom. The van der Waals surface area contributed by atoms with Gasteiger partial charge in [-0.25, -0.2) is 0 Å². The van der Waals surface area contributed by atoms with Gasteiger partial charge in [-0.1, -0.05) is 11.0 Å². The topological polar surface area (TPSA) is 44.6 Å². The zero-order valence-corrected chi connectivity index (χ0v) is 8.76. The van der Waals surface area contributed by atoms with Crippen molar-refractivity contribution in [3.8, 4) is 0 Å². The SMILES string of the molecule is CCCOn1pnp2on2[pH]1. The Bertz CT molecular complexity index is 338. The van der Waals surface area contributed by atoms with E-state index in [0.717, 1.165) is 21.5 Å². The molecular formula is C3H8N3O2P3. The van der Waals surface area contributed by atoms with Crippen molar-refractivity contribution in [2.24, 2.45) is 0 Å². The van der Waals surface area contributed by atoms with Crippen molar-refractivity contribution in [3.05, 3.63) is 0 Å². The van der Waals surface area contributed by atoms with Crippen LogP contribution in [0.1, 0.15) is 13.3 Å². The lowest BCUT2D eigenvalue weighted by Gasteiger charge is -1.99. The Morgan fingerprint density at radius 1 is 1.82 bits per heavy atom. The zero-order chi connectivity index (χ0) is 7.68. The van der Waals surface area contributed by atoms with E-state index in [1.165, 1.54) is 0 Å². The summed E-state index contributed by atoms with van der Waals surface area (Å²) in [5, 5.41) is 0. The third-order valence-corrected chi connectivity index (χ3v) is 4.87. The lowest BCUT2D eigenvalue weighted by Crippen LogP contribution is -2.05. The molecule has 11 heavy (non-hydrogen) atoms. The van der Waals surface area contributed by atoms with Crippen LogP contribution in [0.15, 0.2) is 4.30 Å². The molecule has 2 heterocycles. The zero-order valence-electron chi connectivity index (χ0n) is 5.97. The highest BCUT2D eigenvalue weighted by atomic mass is 31.2. The highest BCUT2D eigenvalue weighted by molar-refractivity contribution is 7.50. The molecule has 2 aromatic rings. The average Bonchev–Trinajstić information content (AvgIpc) is 2.78. The summed E-state index contributed by atoms with van der Waals surface area (Å²) in [4.78, 5) is 5.36. The van der Waals surface area contributed by atoms with Crippen molar-refractivity contribution in [3.63, 3.8) is 0 Å². The first-order chi connectivity index (χ1) is 5.40. The van der Waals surface area contributed by atoms with E-state index >= 15 is 0 Å². The van der Waals surface area contributed by atoms with E-state index < -0.39 is 7.90 Å². The van der Waals surface area contributed by atoms with E-state index in [1.54, 1.807) is 0 Å². The van der Waals surface area contributed by atoms with Crippen LogP contribution >= 0.6 is 24.9 Å². The average molecular weight is 211 g/mol. The van der Waals surface area contributed by atoms with Gasteiger partial charge in [-0.3, -0.25) is 4.84 Å². The Morgan fingerprint density at radius 3 is 3.45 bits per heavy atom. The van der Waals surface area contributed by atoms with Crippen molar-refractivity contribution >= 4 is 24.9 Å². The molecule has 0 fully saturated rings. The maximum Gasteiger partial charge on any atom is 0.326 e. The maximum absolute atomic E-state index is 5.36. The fraction of sp³-hybridized carbons (Fsp3) is 1.00. The molecule has 0 aliphatic carbocycles. The highest BCUT2D eigenvalue weighted by Gasteiger charge is 2.04. The van der Waals surface area contributed by atoms with Crippen molar-refractivity contribution in [2.75, 3.05) is 6.61 Å². The highest BCUT2D eigenvalue weighted by Crippen LogP contribution is 2.33. The molecule has 0 radical (unpaired) electrons. The summed E-state index contributed by atoms with van der Waals surface area (Å²) < 4.78 is 13.0. The van der Waals surface area contributed by atoms with Gasteiger partial charge in [0, 0.05) is 0 Å². The van der Waals surface area contributed by atoms with Crippen molar-refractivity contribution in [2.45, 2.75) is 13.3 Å². The summed E-state index contributed by atoms with van der Waals surface area (Å²) in [5.41, 5.74) is 0. The van der Waals surface area contributed by atoms with Gasteiger partial charge < -0.3 is 4.30 Å². The van der Waals surface area contributed by atoms with E-state index in [9.17, 15) is 0 Å². The van der Waals surface area contributed by atoms with Gasteiger partial charge in [0.25, 0.3) is 0 Å². The van der Waals surface area contributed by atoms with Crippen LogP contribution in [0, 0.1) is 0 Å². The summed E-state index contributed by atoms with van der Waals surface area (Å²) >= 11 is 0. The lowest BCUT2D eigenvalue weighted by atomic mass is 10.5. The second-order valence-corrected chi connectivity index (χ2v) is 6.05. The molecule has 2 aromatic heterocycles. The number of hydrogen-bond acceptors (Lipinski definition) is 3. The summed E-state index contributed by atoms with van der Waals surface area (Å²) in [6.07, 6.45) is 1.03. The molecule has 0 aliphatic rings. The first-order valence-corrected chi connectivity index (χ1v) is 6.15. The predicted octanol–water partition coefficient (Wildman–Crippen LogP) is 2.03. The van der Waals surface area contributed by atoms with Gasteiger partial charge in [-0.2, -0.15) is 4.26 Å². The molecule has 8 heteroatoms. The summed E-state index contributed by atoms with van der Waals surface area (Å²) in [5.74, 6) is 0. The monoisotopic (exact) mass is 211 g/mol. The van der Waals surface area contributed by atoms with E-state index in [1.807, 2.05) is 8.35 Å². The van der Waals surface area contributed by atoms with Gasteiger partial charge in [0.05, 0.1) is 15.1 Å². The quantitative estimate of drug-likeness (QED) is 0.779. The summed E-state index contributed by atoms with van der Waals surface area (Å²) in [7, 11) is 0.865. The number of aromatic nitrogens is 3. The van der Waals surface area contributed by atoms with Gasteiger partial charge in [-0.15, -0.1) is 4.51 Å². The maximum atomic E-state index is 5.36. The molecule has 5 nitrogen and oxygen atoms in total. The molecule has 0 bridgehead atoms. The second-order valence-electron chi connectivity index (χ2n) is 1.99. The van der Waals surface area contributed by atoms with Gasteiger partial charge in [0.1, 0.15) is 0 Å². The molecule has 0 saturated heterocycles. The Hall–Kier alpha value is 0.0600. The van der Waals surface area contributed by atoms with E-state index in [4.69, 9.17) is 9.14 Å². The van der Waals surface area contributed by atoms with Crippen molar-refractivity contribution in [1.82, 2.24) is 12.9 Å². The minimum atomic E-state index is -0.530. The van der Waals surface area contributed by atoms with Gasteiger partial charge in [0.2, 0.25) is 0 Å². The largest absolute Gasteiger partial charge is 0.326 e. The molecule has 62 valence electrons. The normalized spacial score (nSPS) is 14.5. The Labute approximate surface area is 67.6 Å². The number of nitrogens with zero attached hydrogens (tertiary/aromatic N) is 3. The van der Waals surface area contributed by atoms with Gasteiger partial charge in [0.15, 0.2) is 8.51 Å². The second kappa shape index (κ2) is 3.20. The van der Waals surface area contributed by atoms with Gasteiger partial charge in [-0.05, 0) is 6.42 Å². The third-order valence-electron chi connectivity index (χ3n) is 1.07. The minimum Gasteiger partial charge on any atom is -0.312 e. The molecular weight excluding hydrogens is 203 g/mol. The smallest absolute Gasteiger partial charge is 0.312 e. The molecule has 0 amide bonds. The first-order valence-electron chi connectivity index (χ1n) is 3.29. The van der Waals surface area contributed by atoms with E-state index in [2.05, 4.69) is 11.4 Å². The molecule has 2 rings (SSSR count). The van der Waals surface area contributed by atoms with Crippen LogP contribution in [0.2, 0.25) is 0 Å². The number of fused-ring (bicyclic) bond motifs is 1. The molecule has 2 atom stereocenters. The van der Waals surface area contributed by atoms with Gasteiger partial charge >= 0.3 is 7.90 Å². The van der Waals surface area contributed by atoms with Crippen LogP contribution in [-0.4, -0.2) is 19.5 Å².